The van der Waals surface area contributed by atoms with Gasteiger partial charge in [0.05, 0.1) is 12.0 Å². The summed E-state index contributed by atoms with van der Waals surface area (Å²) in [5.74, 6) is 1.01. The van der Waals surface area contributed by atoms with Crippen LogP contribution in [0.1, 0.15) is 18.5 Å². The molecule has 3 aliphatic rings. The number of piperazine rings is 1. The Balaban J connectivity index is 0.000000201. The maximum absolute atomic E-state index is 11.2. The number of ether oxygens (including phenoxy) is 1. The maximum atomic E-state index is 11.2. The Kier molecular flexibility index (Phi) is 5.62. The molecule has 0 spiro atoms. The molecule has 3 N–H and O–H groups in total. The fraction of sp³-hybridized carbons (Fsp3) is 0.368. The predicted octanol–water partition coefficient (Wildman–Crippen LogP) is 1.98. The van der Waals surface area contributed by atoms with Crippen LogP contribution in [0, 0.1) is 0 Å². The zero-order chi connectivity index (χ0) is 18.7. The molecule has 0 saturated carbocycles. The third kappa shape index (κ3) is 4.24. The third-order valence-corrected chi connectivity index (χ3v) is 5.71. The van der Waals surface area contributed by atoms with Crippen LogP contribution in [0.2, 0.25) is 0 Å². The van der Waals surface area contributed by atoms with E-state index in [9.17, 15) is 8.42 Å². The molecule has 1 fully saturated rings. The summed E-state index contributed by atoms with van der Waals surface area (Å²) in [6.45, 7) is 6.03. The molecule has 0 aromatic heterocycles. The normalized spacial score (nSPS) is 18.7. The maximum Gasteiger partial charge on any atom is 0.238 e. The molecule has 26 heavy (non-hydrogen) atoms. The van der Waals surface area contributed by atoms with E-state index in [1.165, 1.54) is 11.1 Å². The van der Waals surface area contributed by atoms with Gasteiger partial charge >= 0.3 is 0 Å². The van der Waals surface area contributed by atoms with Gasteiger partial charge in [-0.1, -0.05) is 25.1 Å². The molecule has 1 aromatic carbocycles. The van der Waals surface area contributed by atoms with Crippen molar-refractivity contribution in [3.63, 3.8) is 0 Å². The molecule has 1 aromatic rings. The average Bonchev–Trinajstić information content (AvgIpc) is 3.32. The Morgan fingerprint density at radius 2 is 1.96 bits per heavy atom. The van der Waals surface area contributed by atoms with E-state index in [2.05, 4.69) is 29.3 Å². The van der Waals surface area contributed by atoms with E-state index in [4.69, 9.17) is 9.88 Å². The highest BCUT2D eigenvalue weighted by molar-refractivity contribution is 7.89. The first-order chi connectivity index (χ1) is 12.4. The quantitative estimate of drug-likeness (QED) is 0.728. The van der Waals surface area contributed by atoms with Gasteiger partial charge in [-0.25, -0.2) is 13.6 Å². The van der Waals surface area contributed by atoms with Crippen molar-refractivity contribution in [1.29, 1.82) is 0 Å². The fourth-order valence-corrected chi connectivity index (χ4v) is 3.75. The smallest absolute Gasteiger partial charge is 0.238 e. The van der Waals surface area contributed by atoms with E-state index in [1.54, 1.807) is 19.2 Å². The second kappa shape index (κ2) is 7.75. The number of primary sulfonamides is 1. The van der Waals surface area contributed by atoms with E-state index in [0.717, 1.165) is 37.5 Å². The molecule has 1 unspecified atom stereocenters. The van der Waals surface area contributed by atoms with Gasteiger partial charge in [0.1, 0.15) is 5.75 Å². The van der Waals surface area contributed by atoms with Gasteiger partial charge in [-0.3, -0.25) is 4.90 Å². The molecule has 0 amide bonds. The van der Waals surface area contributed by atoms with Crippen molar-refractivity contribution < 1.29 is 13.2 Å². The molecule has 140 valence electrons. The van der Waals surface area contributed by atoms with Crippen LogP contribution in [-0.2, 0) is 10.0 Å². The van der Waals surface area contributed by atoms with Crippen molar-refractivity contribution in [3.05, 3.63) is 48.0 Å². The van der Waals surface area contributed by atoms with Crippen molar-refractivity contribution in [2.45, 2.75) is 17.9 Å². The Hall–Kier alpha value is -1.93. The van der Waals surface area contributed by atoms with Crippen LogP contribution in [0.15, 0.2) is 47.4 Å². The van der Waals surface area contributed by atoms with Gasteiger partial charge in [0, 0.05) is 31.2 Å². The highest BCUT2D eigenvalue weighted by atomic mass is 32.2. The molecule has 6 nitrogen and oxygen atoms in total. The van der Waals surface area contributed by atoms with Gasteiger partial charge in [0.25, 0.3) is 0 Å². The molecule has 0 radical (unpaired) electrons. The molecule has 1 saturated heterocycles. The van der Waals surface area contributed by atoms with Gasteiger partial charge in [-0.05, 0) is 41.9 Å². The lowest BCUT2D eigenvalue weighted by molar-refractivity contribution is 0.171. The summed E-state index contributed by atoms with van der Waals surface area (Å²) in [6, 6.07) is 13.3. The first-order valence-electron chi connectivity index (χ1n) is 8.70. The Bertz CT molecular complexity index is 866. The summed E-state index contributed by atoms with van der Waals surface area (Å²) in [5.41, 5.74) is 3.74. The molecule has 1 atom stereocenters. The van der Waals surface area contributed by atoms with E-state index >= 15 is 0 Å². The van der Waals surface area contributed by atoms with Crippen LogP contribution >= 0.6 is 0 Å². The monoisotopic (exact) mass is 375 g/mol. The zero-order valence-corrected chi connectivity index (χ0v) is 15.9. The number of benzene rings is 2. The number of nitrogens with one attached hydrogen (secondary N) is 1. The Labute approximate surface area is 155 Å². The van der Waals surface area contributed by atoms with Gasteiger partial charge in [0.2, 0.25) is 10.0 Å². The van der Waals surface area contributed by atoms with Crippen molar-refractivity contribution >= 4 is 10.0 Å². The number of hydrogen-bond acceptors (Lipinski definition) is 5. The number of sulfonamides is 1. The van der Waals surface area contributed by atoms with Gasteiger partial charge < -0.3 is 10.1 Å². The number of nitrogens with two attached hydrogens (primary N) is 1. The first-order valence-corrected chi connectivity index (χ1v) is 10.2. The second-order valence-electron chi connectivity index (χ2n) is 6.38. The lowest BCUT2D eigenvalue weighted by Gasteiger charge is -2.35. The highest BCUT2D eigenvalue weighted by Crippen LogP contribution is 2.43. The molecule has 2 aliphatic carbocycles. The van der Waals surface area contributed by atoms with E-state index < -0.39 is 10.0 Å². The van der Waals surface area contributed by atoms with Crippen molar-refractivity contribution in [1.82, 2.24) is 10.2 Å². The first kappa shape index (κ1) is 18.8. The third-order valence-electron chi connectivity index (χ3n) is 4.78. The summed E-state index contributed by atoms with van der Waals surface area (Å²) in [6.07, 6.45) is 0. The van der Waals surface area contributed by atoms with Gasteiger partial charge in [0.15, 0.2) is 0 Å². The minimum absolute atomic E-state index is 0.165. The van der Waals surface area contributed by atoms with E-state index in [-0.39, 0.29) is 4.90 Å². The minimum atomic E-state index is -3.60. The largest absolute Gasteiger partial charge is 0.496 e. The standard InChI is InChI=1S/C12H19N3O2S.C7H6O/c1-2-15-8-7-14-9-12(15)10-3-5-11(6-4-10)18(13,16)17;1-8-7-3-2-5-4-6(5)7/h3-6,12,14H,2,7-9H2,1H3,(H2,13,16,17);2-4H,1H3. The van der Waals surface area contributed by atoms with Gasteiger partial charge in [-0.15, -0.1) is 0 Å². The summed E-state index contributed by atoms with van der Waals surface area (Å²) < 4.78 is 27.4. The van der Waals surface area contributed by atoms with Crippen LogP contribution < -0.4 is 15.2 Å². The van der Waals surface area contributed by atoms with Crippen LogP contribution in [0.25, 0.3) is 11.1 Å². The summed E-state index contributed by atoms with van der Waals surface area (Å²) in [4.78, 5) is 2.54. The molecule has 1 aliphatic heterocycles. The molecular formula is C19H25N3O3S. The number of likely N-dealkylation sites (N-methyl/N-ethyl adjacent to an activating group) is 1. The number of rotatable bonds is 4. The van der Waals surface area contributed by atoms with E-state index in [1.807, 2.05) is 18.2 Å². The summed E-state index contributed by atoms with van der Waals surface area (Å²) in [7, 11) is -1.90. The minimum Gasteiger partial charge on any atom is -0.496 e. The molecular weight excluding hydrogens is 350 g/mol. The van der Waals surface area contributed by atoms with Crippen LogP contribution in [0.3, 0.4) is 0 Å². The van der Waals surface area contributed by atoms with Gasteiger partial charge in [-0.2, -0.15) is 0 Å². The number of hydrogen-bond donors (Lipinski definition) is 2. The molecule has 4 rings (SSSR count). The topological polar surface area (TPSA) is 84.7 Å². The summed E-state index contributed by atoms with van der Waals surface area (Å²) in [5, 5.41) is 8.45. The summed E-state index contributed by atoms with van der Waals surface area (Å²) >= 11 is 0. The zero-order valence-electron chi connectivity index (χ0n) is 15.1. The molecule has 0 bridgehead atoms. The average molecular weight is 375 g/mol. The predicted molar refractivity (Wildman–Crippen MR) is 103 cm³/mol. The molecule has 1 heterocycles. The Morgan fingerprint density at radius 1 is 1.23 bits per heavy atom. The van der Waals surface area contributed by atoms with Crippen LogP contribution in [0.5, 0.6) is 5.75 Å². The number of fused-ring (bicyclic) bond motifs is 1. The fourth-order valence-electron chi connectivity index (χ4n) is 3.24. The number of nitrogens with zero attached hydrogens (tertiary/aromatic N) is 1. The van der Waals surface area contributed by atoms with Crippen LogP contribution in [-0.4, -0.2) is 46.6 Å². The van der Waals surface area contributed by atoms with Crippen molar-refractivity contribution in [3.8, 4) is 16.9 Å². The van der Waals surface area contributed by atoms with E-state index in [0.29, 0.717) is 6.04 Å². The van der Waals surface area contributed by atoms with Crippen LogP contribution in [0.4, 0.5) is 0 Å². The molecule has 7 heteroatoms. The second-order valence-corrected chi connectivity index (χ2v) is 7.94. The van der Waals surface area contributed by atoms with Crippen molar-refractivity contribution in [2.75, 3.05) is 33.3 Å². The number of methoxy groups -OCH3 is 1. The lowest BCUT2D eigenvalue weighted by Crippen LogP contribution is -2.45. The Morgan fingerprint density at radius 3 is 2.42 bits per heavy atom. The lowest BCUT2D eigenvalue weighted by atomic mass is 10.0. The van der Waals surface area contributed by atoms with Crippen molar-refractivity contribution in [2.24, 2.45) is 5.14 Å². The SMILES string of the molecule is CCN1CCNCC1c1ccc(S(N)(=O)=O)cc1.COc1ccc2cc1-2. The highest BCUT2D eigenvalue weighted by Gasteiger charge is 2.22.